The fraction of sp³-hybridized carbons (Fsp3) is 0.211. The average Bonchev–Trinajstić information content (AvgIpc) is 2.67. The van der Waals surface area contributed by atoms with Crippen LogP contribution < -0.4 is 10.7 Å². The second-order valence-electron chi connectivity index (χ2n) is 6.38. The summed E-state index contributed by atoms with van der Waals surface area (Å²) in [6.45, 7) is 3.55. The molecule has 2 aromatic rings. The van der Waals surface area contributed by atoms with E-state index in [2.05, 4.69) is 31.8 Å². The van der Waals surface area contributed by atoms with Gasteiger partial charge in [-0.2, -0.15) is 5.10 Å². The van der Waals surface area contributed by atoms with Crippen molar-refractivity contribution in [2.45, 2.75) is 19.9 Å². The lowest BCUT2D eigenvalue weighted by molar-refractivity contribution is -0.385. The number of nitrogens with one attached hydrogen (secondary N) is 2. The van der Waals surface area contributed by atoms with Crippen LogP contribution in [-0.2, 0) is 4.79 Å². The third kappa shape index (κ3) is 6.10. The van der Waals surface area contributed by atoms with Crippen molar-refractivity contribution in [2.24, 2.45) is 11.0 Å². The summed E-state index contributed by atoms with van der Waals surface area (Å²) in [4.78, 5) is 35.3. The van der Waals surface area contributed by atoms with Crippen molar-refractivity contribution in [1.82, 2.24) is 10.7 Å². The summed E-state index contributed by atoms with van der Waals surface area (Å²) in [7, 11) is 0. The number of hydrogen-bond acceptors (Lipinski definition) is 5. The standard InChI is InChI=1S/C19H18BrClN4O4/c1-11(2)17(23-18(26)13-5-3-4-6-15(13)21)19(27)24-22-10-12-7-8-14(20)16(9-12)25(28)29/h3-11,17H,1-2H3,(H,23,26)(H,24,27). The summed E-state index contributed by atoms with van der Waals surface area (Å²) in [6, 6.07) is 10.1. The molecule has 0 bridgehead atoms. The molecule has 2 rings (SSSR count). The van der Waals surface area contributed by atoms with Crippen LogP contribution in [0.3, 0.4) is 0 Å². The molecule has 0 aliphatic carbocycles. The molecular weight excluding hydrogens is 464 g/mol. The zero-order valence-electron chi connectivity index (χ0n) is 15.6. The lowest BCUT2D eigenvalue weighted by Gasteiger charge is -2.20. The molecular formula is C19H18BrClN4O4. The van der Waals surface area contributed by atoms with Gasteiger partial charge in [-0.1, -0.05) is 43.6 Å². The summed E-state index contributed by atoms with van der Waals surface area (Å²) in [5.74, 6) is -1.22. The predicted molar refractivity (Wildman–Crippen MR) is 114 cm³/mol. The third-order valence-corrected chi connectivity index (χ3v) is 4.91. The fourth-order valence-electron chi connectivity index (χ4n) is 2.39. The SMILES string of the molecule is CC(C)C(NC(=O)c1ccccc1Cl)C(=O)NN=Cc1ccc(Br)c([N+](=O)[O-])c1. The number of amides is 2. The molecule has 2 N–H and O–H groups in total. The number of nitrogens with zero attached hydrogens (tertiary/aromatic N) is 2. The van der Waals surface area contributed by atoms with Gasteiger partial charge in [0.2, 0.25) is 0 Å². The molecule has 2 aromatic carbocycles. The molecule has 152 valence electrons. The Balaban J connectivity index is 2.07. The van der Waals surface area contributed by atoms with E-state index in [0.29, 0.717) is 10.0 Å². The topological polar surface area (TPSA) is 114 Å². The molecule has 0 aromatic heterocycles. The first-order valence-corrected chi connectivity index (χ1v) is 9.70. The van der Waals surface area contributed by atoms with E-state index in [1.54, 1.807) is 44.2 Å². The minimum absolute atomic E-state index is 0.118. The van der Waals surface area contributed by atoms with Crippen molar-refractivity contribution < 1.29 is 14.5 Å². The van der Waals surface area contributed by atoms with Gasteiger partial charge in [-0.3, -0.25) is 19.7 Å². The van der Waals surface area contributed by atoms with Crippen LogP contribution in [0.5, 0.6) is 0 Å². The average molecular weight is 482 g/mol. The largest absolute Gasteiger partial charge is 0.340 e. The number of hydrogen-bond donors (Lipinski definition) is 2. The number of carbonyl (C=O) groups excluding carboxylic acids is 2. The van der Waals surface area contributed by atoms with Crippen LogP contribution in [0, 0.1) is 16.0 Å². The Morgan fingerprint density at radius 3 is 2.55 bits per heavy atom. The number of halogens is 2. The van der Waals surface area contributed by atoms with Crippen molar-refractivity contribution in [2.75, 3.05) is 0 Å². The second kappa shape index (κ2) is 10.1. The van der Waals surface area contributed by atoms with Gasteiger partial charge < -0.3 is 5.32 Å². The van der Waals surface area contributed by atoms with Gasteiger partial charge in [0.05, 0.1) is 26.2 Å². The lowest BCUT2D eigenvalue weighted by Crippen LogP contribution is -2.48. The predicted octanol–water partition coefficient (Wildman–Crippen LogP) is 3.92. The molecule has 10 heteroatoms. The summed E-state index contributed by atoms with van der Waals surface area (Å²) in [6.07, 6.45) is 1.28. The Morgan fingerprint density at radius 2 is 1.93 bits per heavy atom. The molecule has 29 heavy (non-hydrogen) atoms. The number of nitro benzene ring substituents is 1. The summed E-state index contributed by atoms with van der Waals surface area (Å²) in [5, 5.41) is 17.7. The number of nitro groups is 1. The number of rotatable bonds is 7. The molecule has 0 radical (unpaired) electrons. The first-order valence-electron chi connectivity index (χ1n) is 8.53. The monoisotopic (exact) mass is 480 g/mol. The highest BCUT2D eigenvalue weighted by Gasteiger charge is 2.25. The van der Waals surface area contributed by atoms with Crippen LogP contribution in [0.25, 0.3) is 0 Å². The lowest BCUT2D eigenvalue weighted by atomic mass is 10.0. The van der Waals surface area contributed by atoms with E-state index in [0.717, 1.165) is 0 Å². The molecule has 0 aliphatic rings. The van der Waals surface area contributed by atoms with Gasteiger partial charge >= 0.3 is 0 Å². The second-order valence-corrected chi connectivity index (χ2v) is 7.64. The van der Waals surface area contributed by atoms with Gasteiger partial charge in [-0.15, -0.1) is 0 Å². The Labute approximate surface area is 180 Å². The van der Waals surface area contributed by atoms with E-state index in [-0.39, 0.29) is 22.2 Å². The normalized spacial score (nSPS) is 12.0. The summed E-state index contributed by atoms with van der Waals surface area (Å²) < 4.78 is 0.339. The highest BCUT2D eigenvalue weighted by molar-refractivity contribution is 9.10. The van der Waals surface area contributed by atoms with E-state index in [1.165, 1.54) is 18.3 Å². The number of carbonyl (C=O) groups is 2. The van der Waals surface area contributed by atoms with Crippen LogP contribution in [-0.4, -0.2) is 29.0 Å². The van der Waals surface area contributed by atoms with Gasteiger partial charge in [0.1, 0.15) is 6.04 Å². The van der Waals surface area contributed by atoms with Crippen molar-refractivity contribution in [3.8, 4) is 0 Å². The van der Waals surface area contributed by atoms with Crippen LogP contribution in [0.15, 0.2) is 52.0 Å². The van der Waals surface area contributed by atoms with Gasteiger partial charge in [-0.05, 0) is 40.0 Å². The molecule has 0 spiro atoms. The molecule has 8 nitrogen and oxygen atoms in total. The van der Waals surface area contributed by atoms with Gasteiger partial charge in [0, 0.05) is 11.6 Å². The Kier molecular flexibility index (Phi) is 7.86. The van der Waals surface area contributed by atoms with E-state index in [9.17, 15) is 19.7 Å². The van der Waals surface area contributed by atoms with Gasteiger partial charge in [0.15, 0.2) is 0 Å². The maximum absolute atomic E-state index is 12.5. The molecule has 1 unspecified atom stereocenters. The smallest absolute Gasteiger partial charge is 0.284 e. The maximum Gasteiger partial charge on any atom is 0.284 e. The quantitative estimate of drug-likeness (QED) is 0.354. The molecule has 0 heterocycles. The molecule has 0 aliphatic heterocycles. The highest BCUT2D eigenvalue weighted by atomic mass is 79.9. The number of benzene rings is 2. The van der Waals surface area contributed by atoms with Gasteiger partial charge in [-0.25, -0.2) is 5.43 Å². The maximum atomic E-state index is 12.5. The fourth-order valence-corrected chi connectivity index (χ4v) is 3.00. The molecule has 0 saturated carbocycles. The van der Waals surface area contributed by atoms with E-state index >= 15 is 0 Å². The number of hydrazone groups is 1. The van der Waals surface area contributed by atoms with Crippen molar-refractivity contribution >= 4 is 51.2 Å². The Bertz CT molecular complexity index is 965. The minimum Gasteiger partial charge on any atom is -0.340 e. The molecule has 1 atom stereocenters. The van der Waals surface area contributed by atoms with Crippen LogP contribution in [0.1, 0.15) is 29.8 Å². The van der Waals surface area contributed by atoms with Crippen LogP contribution in [0.4, 0.5) is 5.69 Å². The first kappa shape index (κ1) is 22.5. The molecule has 0 fully saturated rings. The van der Waals surface area contributed by atoms with Crippen molar-refractivity contribution in [3.05, 3.63) is 73.2 Å². The van der Waals surface area contributed by atoms with Crippen LogP contribution in [0.2, 0.25) is 5.02 Å². The van der Waals surface area contributed by atoms with Crippen LogP contribution >= 0.6 is 27.5 Å². The minimum atomic E-state index is -0.852. The van der Waals surface area contributed by atoms with E-state index < -0.39 is 22.8 Å². The van der Waals surface area contributed by atoms with E-state index in [4.69, 9.17) is 11.6 Å². The van der Waals surface area contributed by atoms with E-state index in [1.807, 2.05) is 0 Å². The Hall–Kier alpha value is -2.78. The zero-order chi connectivity index (χ0) is 21.6. The van der Waals surface area contributed by atoms with Gasteiger partial charge in [0.25, 0.3) is 17.5 Å². The summed E-state index contributed by atoms with van der Waals surface area (Å²) in [5.41, 5.74) is 2.92. The zero-order valence-corrected chi connectivity index (χ0v) is 17.9. The van der Waals surface area contributed by atoms with Crippen molar-refractivity contribution in [3.63, 3.8) is 0 Å². The molecule has 2 amide bonds. The third-order valence-electron chi connectivity index (χ3n) is 3.91. The summed E-state index contributed by atoms with van der Waals surface area (Å²) >= 11 is 9.12. The van der Waals surface area contributed by atoms with Crippen molar-refractivity contribution in [1.29, 1.82) is 0 Å². The first-order chi connectivity index (χ1) is 13.7. The molecule has 0 saturated heterocycles. The Morgan fingerprint density at radius 1 is 1.24 bits per heavy atom. The highest BCUT2D eigenvalue weighted by Crippen LogP contribution is 2.24.